The molecule has 0 aromatic heterocycles. The van der Waals surface area contributed by atoms with Gasteiger partial charge >= 0.3 is 0 Å². The first kappa shape index (κ1) is 23.4. The number of amides is 2. The highest BCUT2D eigenvalue weighted by molar-refractivity contribution is 7.92. The average Bonchev–Trinajstić information content (AvgIpc) is 2.68. The highest BCUT2D eigenvalue weighted by Gasteiger charge is 2.29. The third-order valence-corrected chi connectivity index (χ3v) is 6.04. The number of hydrogen-bond acceptors (Lipinski definition) is 4. The Morgan fingerprint density at radius 3 is 2.20 bits per heavy atom. The fraction of sp³-hybridized carbons (Fsp3) is 0.364. The number of nitrogens with zero attached hydrogens (tertiary/aromatic N) is 1. The molecule has 162 valence electrons. The first-order valence-electron chi connectivity index (χ1n) is 9.81. The van der Waals surface area contributed by atoms with Gasteiger partial charge in [-0.3, -0.25) is 13.9 Å². The molecule has 0 unspecified atom stereocenters. The Labute approximate surface area is 178 Å². The number of benzene rings is 2. The Hall–Kier alpha value is -2.87. The fourth-order valence-electron chi connectivity index (χ4n) is 2.93. The van der Waals surface area contributed by atoms with Crippen LogP contribution in [0.25, 0.3) is 0 Å². The molecular weight excluding hydrogens is 402 g/mol. The van der Waals surface area contributed by atoms with Crippen molar-refractivity contribution in [3.05, 3.63) is 59.7 Å². The van der Waals surface area contributed by atoms with E-state index in [0.717, 1.165) is 22.5 Å². The van der Waals surface area contributed by atoms with Crippen LogP contribution in [0.4, 0.5) is 11.4 Å². The molecule has 7 nitrogen and oxygen atoms in total. The maximum absolute atomic E-state index is 12.9. The van der Waals surface area contributed by atoms with Gasteiger partial charge in [-0.15, -0.1) is 0 Å². The Bertz CT molecular complexity index is 1000. The number of nitrogens with one attached hydrogen (secondary N) is 2. The van der Waals surface area contributed by atoms with Crippen molar-refractivity contribution in [2.75, 3.05) is 15.9 Å². The van der Waals surface area contributed by atoms with E-state index in [0.29, 0.717) is 16.9 Å². The third kappa shape index (κ3) is 5.82. The molecule has 8 heteroatoms. The Kier molecular flexibility index (Phi) is 7.61. The molecule has 0 saturated heterocycles. The van der Waals surface area contributed by atoms with Gasteiger partial charge in [0.2, 0.25) is 15.9 Å². The molecule has 2 N–H and O–H groups in total. The Balaban J connectivity index is 2.30. The number of carbonyl (C=O) groups excluding carboxylic acids is 2. The summed E-state index contributed by atoms with van der Waals surface area (Å²) in [5, 5.41) is 5.58. The van der Waals surface area contributed by atoms with E-state index < -0.39 is 22.0 Å². The maximum atomic E-state index is 12.9. The number of rotatable bonds is 8. The molecular formula is C22H29N3O4S. The van der Waals surface area contributed by atoms with E-state index in [4.69, 9.17) is 0 Å². The zero-order valence-corrected chi connectivity index (χ0v) is 18.8. The zero-order chi connectivity index (χ0) is 22.5. The summed E-state index contributed by atoms with van der Waals surface area (Å²) in [6.07, 6.45) is 1.83. The number of anilines is 2. The second kappa shape index (κ2) is 9.75. The maximum Gasteiger partial charge on any atom is 0.253 e. The van der Waals surface area contributed by atoms with Crippen molar-refractivity contribution in [2.24, 2.45) is 0 Å². The molecule has 0 aliphatic heterocycles. The van der Waals surface area contributed by atoms with Crippen LogP contribution < -0.4 is 14.9 Å². The first-order valence-corrected chi connectivity index (χ1v) is 11.7. The van der Waals surface area contributed by atoms with Crippen LogP contribution >= 0.6 is 0 Å². The smallest absolute Gasteiger partial charge is 0.253 e. The highest BCUT2D eigenvalue weighted by atomic mass is 32.2. The molecule has 2 amide bonds. The summed E-state index contributed by atoms with van der Waals surface area (Å²) >= 11 is 0. The number of para-hydroxylation sites is 1. The van der Waals surface area contributed by atoms with Crippen LogP contribution in [-0.2, 0) is 14.8 Å². The monoisotopic (exact) mass is 431 g/mol. The van der Waals surface area contributed by atoms with Gasteiger partial charge in [0.15, 0.2) is 0 Å². The molecule has 0 heterocycles. The van der Waals surface area contributed by atoms with Crippen LogP contribution in [0, 0.1) is 6.92 Å². The summed E-state index contributed by atoms with van der Waals surface area (Å²) in [6, 6.07) is 12.5. The van der Waals surface area contributed by atoms with Gasteiger partial charge in [-0.05, 0) is 51.5 Å². The van der Waals surface area contributed by atoms with E-state index in [-0.39, 0.29) is 11.9 Å². The van der Waals surface area contributed by atoms with Crippen LogP contribution in [0.5, 0.6) is 0 Å². The van der Waals surface area contributed by atoms with Crippen molar-refractivity contribution >= 4 is 33.2 Å². The van der Waals surface area contributed by atoms with Crippen LogP contribution in [0.3, 0.4) is 0 Å². The normalized spacial score (nSPS) is 13.2. The lowest BCUT2D eigenvalue weighted by atomic mass is 10.1. The summed E-state index contributed by atoms with van der Waals surface area (Å²) < 4.78 is 25.9. The summed E-state index contributed by atoms with van der Waals surface area (Å²) in [5.41, 5.74) is 2.02. The van der Waals surface area contributed by atoms with Gasteiger partial charge in [0.25, 0.3) is 5.91 Å². The fourth-order valence-corrected chi connectivity index (χ4v) is 4.11. The quantitative estimate of drug-likeness (QED) is 0.670. The van der Waals surface area contributed by atoms with Crippen molar-refractivity contribution in [3.63, 3.8) is 0 Å². The van der Waals surface area contributed by atoms with Crippen molar-refractivity contribution < 1.29 is 18.0 Å². The van der Waals surface area contributed by atoms with Crippen LogP contribution in [-0.4, -0.2) is 38.6 Å². The second-order valence-corrected chi connectivity index (χ2v) is 9.25. The lowest BCUT2D eigenvalue weighted by molar-refractivity contribution is -0.116. The van der Waals surface area contributed by atoms with Gasteiger partial charge in [0, 0.05) is 6.04 Å². The summed E-state index contributed by atoms with van der Waals surface area (Å²) in [6.45, 7) is 7.27. The molecule has 0 radical (unpaired) electrons. The van der Waals surface area contributed by atoms with Gasteiger partial charge in [-0.2, -0.15) is 0 Å². The van der Waals surface area contributed by atoms with Crippen molar-refractivity contribution in [3.8, 4) is 0 Å². The van der Waals surface area contributed by atoms with E-state index >= 15 is 0 Å². The molecule has 0 fully saturated rings. The van der Waals surface area contributed by atoms with Gasteiger partial charge in [-0.25, -0.2) is 8.42 Å². The number of aryl methyl sites for hydroxylation is 1. The molecule has 0 aliphatic carbocycles. The molecule has 0 bridgehead atoms. The lowest BCUT2D eigenvalue weighted by Gasteiger charge is -2.28. The van der Waals surface area contributed by atoms with E-state index in [1.165, 1.54) is 6.92 Å². The minimum Gasteiger partial charge on any atom is -0.350 e. The minimum atomic E-state index is -3.72. The summed E-state index contributed by atoms with van der Waals surface area (Å²) in [4.78, 5) is 25.5. The van der Waals surface area contributed by atoms with Gasteiger partial charge < -0.3 is 10.6 Å². The predicted molar refractivity (Wildman–Crippen MR) is 120 cm³/mol. The van der Waals surface area contributed by atoms with E-state index in [1.807, 2.05) is 20.8 Å². The van der Waals surface area contributed by atoms with Crippen LogP contribution in [0.15, 0.2) is 48.5 Å². The molecule has 2 aromatic carbocycles. The average molecular weight is 432 g/mol. The Morgan fingerprint density at radius 1 is 1.03 bits per heavy atom. The first-order chi connectivity index (χ1) is 14.0. The Morgan fingerprint density at radius 2 is 1.63 bits per heavy atom. The molecule has 30 heavy (non-hydrogen) atoms. The van der Waals surface area contributed by atoms with Gasteiger partial charge in [0.05, 0.1) is 23.2 Å². The molecule has 2 atom stereocenters. The standard InChI is InChI=1S/C22H29N3O4S/c1-6-16(3)23-22(27)19-9-7-8-10-20(19)24-21(26)17(4)25(30(5,28)29)18-13-11-15(2)12-14-18/h7-14,16-17H,6H2,1-5H3,(H,23,27)(H,24,26)/t16-,17-/m0/s1. The van der Waals surface area contributed by atoms with Crippen LogP contribution in [0.1, 0.15) is 43.1 Å². The summed E-state index contributed by atoms with van der Waals surface area (Å²) in [5.74, 6) is -0.837. The third-order valence-electron chi connectivity index (χ3n) is 4.80. The predicted octanol–water partition coefficient (Wildman–Crippen LogP) is 3.32. The minimum absolute atomic E-state index is 0.0116. The van der Waals surface area contributed by atoms with E-state index in [9.17, 15) is 18.0 Å². The van der Waals surface area contributed by atoms with E-state index in [1.54, 1.807) is 48.5 Å². The topological polar surface area (TPSA) is 95.6 Å². The second-order valence-electron chi connectivity index (χ2n) is 7.39. The lowest BCUT2D eigenvalue weighted by Crippen LogP contribution is -2.45. The zero-order valence-electron chi connectivity index (χ0n) is 18.0. The molecule has 2 rings (SSSR count). The largest absolute Gasteiger partial charge is 0.350 e. The highest BCUT2D eigenvalue weighted by Crippen LogP contribution is 2.23. The number of hydrogen-bond donors (Lipinski definition) is 2. The molecule has 0 spiro atoms. The van der Waals surface area contributed by atoms with Gasteiger partial charge in [0.1, 0.15) is 6.04 Å². The van der Waals surface area contributed by atoms with Crippen molar-refractivity contribution in [2.45, 2.75) is 46.2 Å². The van der Waals surface area contributed by atoms with Crippen molar-refractivity contribution in [1.29, 1.82) is 0 Å². The SMILES string of the molecule is CC[C@H](C)NC(=O)c1ccccc1NC(=O)[C@H](C)N(c1ccc(C)cc1)S(C)(=O)=O. The molecule has 0 aliphatic rings. The molecule has 2 aromatic rings. The van der Waals surface area contributed by atoms with Crippen LogP contribution in [0.2, 0.25) is 0 Å². The van der Waals surface area contributed by atoms with Gasteiger partial charge in [-0.1, -0.05) is 36.8 Å². The van der Waals surface area contributed by atoms with Crippen molar-refractivity contribution in [1.82, 2.24) is 5.32 Å². The number of sulfonamides is 1. The summed E-state index contributed by atoms with van der Waals surface area (Å²) in [7, 11) is -3.72. The van der Waals surface area contributed by atoms with E-state index in [2.05, 4.69) is 10.6 Å². The number of carbonyl (C=O) groups is 2. The molecule has 0 saturated carbocycles.